The van der Waals surface area contributed by atoms with Gasteiger partial charge in [0.25, 0.3) is 11.8 Å². The molecule has 1 aliphatic carbocycles. The number of nitrogens with two attached hydrogens (primary N) is 1. The average Bonchev–Trinajstić information content (AvgIpc) is 2.98. The monoisotopic (exact) mass is 383 g/mol. The average molecular weight is 383 g/mol. The summed E-state index contributed by atoms with van der Waals surface area (Å²) in [5.74, 6) is 0.180. The number of benzene rings is 1. The van der Waals surface area contributed by atoms with Crippen molar-refractivity contribution in [2.75, 3.05) is 13.1 Å². The molecule has 0 spiro atoms. The zero-order chi connectivity index (χ0) is 19.7. The standard InChI is InChI=1S/C22H29N3O3/c23-18(22(28)24-13-5-8-15-7-1-4-12-19(15)24)11-6-14-25-20(26)16-9-2-3-10-17(16)21(25)27/h2-3,9-10,15,18-19H,1,4-8,11-14,23H2/t15-,18-,19+/m1/s1. The first-order valence-corrected chi connectivity index (χ1v) is 10.6. The van der Waals surface area contributed by atoms with Gasteiger partial charge in [0.05, 0.1) is 17.2 Å². The summed E-state index contributed by atoms with van der Waals surface area (Å²) in [5.41, 5.74) is 7.15. The van der Waals surface area contributed by atoms with Crippen LogP contribution in [0.3, 0.4) is 0 Å². The quantitative estimate of drug-likeness (QED) is 0.792. The summed E-state index contributed by atoms with van der Waals surface area (Å²) in [5, 5.41) is 0. The second-order valence-electron chi connectivity index (χ2n) is 8.34. The van der Waals surface area contributed by atoms with Crippen LogP contribution in [0.2, 0.25) is 0 Å². The van der Waals surface area contributed by atoms with Gasteiger partial charge in [0.1, 0.15) is 0 Å². The van der Waals surface area contributed by atoms with E-state index in [-0.39, 0.29) is 17.7 Å². The van der Waals surface area contributed by atoms with Crippen LogP contribution in [0.4, 0.5) is 0 Å². The number of rotatable bonds is 5. The first kappa shape index (κ1) is 19.1. The minimum atomic E-state index is -0.559. The summed E-state index contributed by atoms with van der Waals surface area (Å²) in [4.78, 5) is 41.1. The fourth-order valence-corrected chi connectivity index (χ4v) is 5.15. The summed E-state index contributed by atoms with van der Waals surface area (Å²) in [6, 6.07) is 6.69. The van der Waals surface area contributed by atoms with Crippen molar-refractivity contribution in [3.8, 4) is 0 Å². The molecule has 0 radical (unpaired) electrons. The highest BCUT2D eigenvalue weighted by atomic mass is 16.2. The molecule has 3 amide bonds. The van der Waals surface area contributed by atoms with E-state index in [0.717, 1.165) is 19.4 Å². The van der Waals surface area contributed by atoms with E-state index in [2.05, 4.69) is 0 Å². The summed E-state index contributed by atoms with van der Waals surface area (Å²) >= 11 is 0. The van der Waals surface area contributed by atoms with Crippen LogP contribution >= 0.6 is 0 Å². The summed E-state index contributed by atoms with van der Waals surface area (Å²) < 4.78 is 0. The molecule has 3 aliphatic rings. The van der Waals surface area contributed by atoms with Crippen LogP contribution < -0.4 is 5.73 Å². The maximum Gasteiger partial charge on any atom is 0.261 e. The van der Waals surface area contributed by atoms with Gasteiger partial charge >= 0.3 is 0 Å². The van der Waals surface area contributed by atoms with Gasteiger partial charge in [-0.1, -0.05) is 25.0 Å². The second kappa shape index (κ2) is 8.03. The van der Waals surface area contributed by atoms with Crippen molar-refractivity contribution in [2.24, 2.45) is 11.7 Å². The molecular formula is C22H29N3O3. The predicted octanol–water partition coefficient (Wildman–Crippen LogP) is 2.57. The molecule has 1 saturated heterocycles. The molecule has 4 rings (SSSR count). The minimum absolute atomic E-state index is 0.0407. The van der Waals surface area contributed by atoms with Crippen molar-refractivity contribution in [3.05, 3.63) is 35.4 Å². The van der Waals surface area contributed by atoms with Crippen molar-refractivity contribution < 1.29 is 14.4 Å². The molecule has 150 valence electrons. The van der Waals surface area contributed by atoms with Gasteiger partial charge in [0.2, 0.25) is 5.91 Å². The second-order valence-corrected chi connectivity index (χ2v) is 8.34. The molecule has 0 bridgehead atoms. The first-order valence-electron chi connectivity index (χ1n) is 10.6. The lowest BCUT2D eigenvalue weighted by atomic mass is 9.78. The molecule has 0 unspecified atom stereocenters. The lowest BCUT2D eigenvalue weighted by Gasteiger charge is -2.45. The fourth-order valence-electron chi connectivity index (χ4n) is 5.15. The number of piperidine rings is 1. The Labute approximate surface area is 166 Å². The largest absolute Gasteiger partial charge is 0.338 e. The number of carbonyl (C=O) groups is 3. The third-order valence-electron chi connectivity index (χ3n) is 6.62. The molecule has 1 aromatic carbocycles. The highest BCUT2D eigenvalue weighted by Gasteiger charge is 2.38. The van der Waals surface area contributed by atoms with Crippen LogP contribution in [0.1, 0.15) is 72.1 Å². The number of carbonyl (C=O) groups excluding carboxylic acids is 3. The van der Waals surface area contributed by atoms with E-state index in [1.807, 2.05) is 4.90 Å². The Bertz CT molecular complexity index is 741. The Hall–Kier alpha value is -2.21. The van der Waals surface area contributed by atoms with Crippen molar-refractivity contribution >= 4 is 17.7 Å². The van der Waals surface area contributed by atoms with Crippen molar-refractivity contribution in [2.45, 2.75) is 63.5 Å². The van der Waals surface area contributed by atoms with Crippen LogP contribution in [0.25, 0.3) is 0 Å². The molecule has 2 aliphatic heterocycles. The van der Waals surface area contributed by atoms with Gasteiger partial charge < -0.3 is 10.6 Å². The smallest absolute Gasteiger partial charge is 0.261 e. The molecule has 28 heavy (non-hydrogen) atoms. The van der Waals surface area contributed by atoms with Gasteiger partial charge in [-0.25, -0.2) is 0 Å². The van der Waals surface area contributed by atoms with Crippen molar-refractivity contribution in [3.63, 3.8) is 0 Å². The number of hydrogen-bond donors (Lipinski definition) is 1. The van der Waals surface area contributed by atoms with Crippen LogP contribution in [-0.2, 0) is 4.79 Å². The van der Waals surface area contributed by atoms with E-state index in [1.54, 1.807) is 24.3 Å². The predicted molar refractivity (Wildman–Crippen MR) is 106 cm³/mol. The Morgan fingerprint density at radius 1 is 1.04 bits per heavy atom. The number of likely N-dealkylation sites (tertiary alicyclic amines) is 1. The lowest BCUT2D eigenvalue weighted by molar-refractivity contribution is -0.139. The third-order valence-corrected chi connectivity index (χ3v) is 6.62. The molecule has 0 aromatic heterocycles. The van der Waals surface area contributed by atoms with E-state index >= 15 is 0 Å². The highest BCUT2D eigenvalue weighted by molar-refractivity contribution is 6.21. The molecular weight excluding hydrogens is 354 g/mol. The van der Waals surface area contributed by atoms with Crippen LogP contribution in [0, 0.1) is 5.92 Å². The molecule has 2 N–H and O–H groups in total. The van der Waals surface area contributed by atoms with Crippen molar-refractivity contribution in [1.82, 2.24) is 9.80 Å². The number of amides is 3. The zero-order valence-corrected chi connectivity index (χ0v) is 16.3. The SMILES string of the molecule is N[C@H](CCCN1C(=O)c2ccccc2C1=O)C(=O)N1CCC[C@H]2CCCC[C@@H]21. The van der Waals surface area contributed by atoms with E-state index in [0.29, 0.717) is 42.5 Å². The van der Waals surface area contributed by atoms with Crippen LogP contribution in [0.15, 0.2) is 24.3 Å². The maximum absolute atomic E-state index is 12.9. The Morgan fingerprint density at radius 3 is 2.39 bits per heavy atom. The summed E-state index contributed by atoms with van der Waals surface area (Å²) in [6.45, 7) is 1.12. The van der Waals surface area contributed by atoms with Gasteiger partial charge in [-0.2, -0.15) is 0 Å². The van der Waals surface area contributed by atoms with Crippen LogP contribution in [0.5, 0.6) is 0 Å². The normalized spacial score (nSPS) is 25.5. The zero-order valence-electron chi connectivity index (χ0n) is 16.3. The number of nitrogens with zero attached hydrogens (tertiary/aromatic N) is 2. The van der Waals surface area contributed by atoms with E-state index in [4.69, 9.17) is 5.73 Å². The van der Waals surface area contributed by atoms with Crippen LogP contribution in [-0.4, -0.2) is 52.7 Å². The fraction of sp³-hybridized carbons (Fsp3) is 0.591. The van der Waals surface area contributed by atoms with E-state index in [9.17, 15) is 14.4 Å². The molecule has 1 aromatic rings. The van der Waals surface area contributed by atoms with E-state index < -0.39 is 6.04 Å². The van der Waals surface area contributed by atoms with Gasteiger partial charge in [0.15, 0.2) is 0 Å². The molecule has 2 heterocycles. The molecule has 1 saturated carbocycles. The van der Waals surface area contributed by atoms with Gasteiger partial charge in [-0.3, -0.25) is 19.3 Å². The number of fused-ring (bicyclic) bond motifs is 2. The summed E-state index contributed by atoms with van der Waals surface area (Å²) in [7, 11) is 0. The summed E-state index contributed by atoms with van der Waals surface area (Å²) in [6.07, 6.45) is 8.11. The van der Waals surface area contributed by atoms with E-state index in [1.165, 1.54) is 30.6 Å². The number of imide groups is 1. The Morgan fingerprint density at radius 2 is 1.68 bits per heavy atom. The molecule has 2 fully saturated rings. The van der Waals surface area contributed by atoms with Gasteiger partial charge in [0, 0.05) is 19.1 Å². The third kappa shape index (κ3) is 3.46. The Balaban J connectivity index is 1.31. The lowest BCUT2D eigenvalue weighted by Crippen LogP contribution is -2.54. The number of hydrogen-bond acceptors (Lipinski definition) is 4. The van der Waals surface area contributed by atoms with Crippen molar-refractivity contribution in [1.29, 1.82) is 0 Å². The van der Waals surface area contributed by atoms with Gasteiger partial charge in [-0.15, -0.1) is 0 Å². The van der Waals surface area contributed by atoms with Gasteiger partial charge in [-0.05, 0) is 56.6 Å². The highest BCUT2D eigenvalue weighted by Crippen LogP contribution is 2.35. The topological polar surface area (TPSA) is 83.7 Å². The Kier molecular flexibility index (Phi) is 5.49. The maximum atomic E-state index is 12.9. The molecule has 6 heteroatoms. The minimum Gasteiger partial charge on any atom is -0.338 e. The molecule has 3 atom stereocenters. The first-order chi connectivity index (χ1) is 13.6. The molecule has 6 nitrogen and oxygen atoms in total.